The molecule has 0 atom stereocenters. The predicted molar refractivity (Wildman–Crippen MR) is 68.0 cm³/mol. The van der Waals surface area contributed by atoms with Crippen LogP contribution in [0.5, 0.6) is 0 Å². The first-order valence-electron chi connectivity index (χ1n) is 5.05. The zero-order chi connectivity index (χ0) is 13.1. The minimum Gasteiger partial charge on any atom is -0.396 e. The Balaban J connectivity index is 2.28. The van der Waals surface area contributed by atoms with Gasteiger partial charge in [0.25, 0.3) is 5.91 Å². The number of hydrogen-bond donors (Lipinski definition) is 2. The minimum atomic E-state index is -0.654. The molecule has 0 spiro atoms. The van der Waals surface area contributed by atoms with Gasteiger partial charge in [0.1, 0.15) is 5.82 Å². The molecule has 1 aromatic heterocycles. The van der Waals surface area contributed by atoms with E-state index in [0.717, 1.165) is 0 Å². The van der Waals surface area contributed by atoms with Gasteiger partial charge in [-0.2, -0.15) is 0 Å². The lowest BCUT2D eigenvalue weighted by atomic mass is 10.2. The molecular formula is C12H9ClFN3O. The van der Waals surface area contributed by atoms with Gasteiger partial charge in [-0.1, -0.05) is 17.7 Å². The number of hydrogen-bond acceptors (Lipinski definition) is 3. The molecule has 0 aliphatic heterocycles. The summed E-state index contributed by atoms with van der Waals surface area (Å²) in [6, 6.07) is 7.22. The number of nitrogens with zero attached hydrogens (tertiary/aromatic N) is 1. The zero-order valence-corrected chi connectivity index (χ0v) is 9.91. The van der Waals surface area contributed by atoms with Gasteiger partial charge in [0, 0.05) is 6.20 Å². The lowest BCUT2D eigenvalue weighted by Gasteiger charge is -2.08. The summed E-state index contributed by atoms with van der Waals surface area (Å²) in [7, 11) is 0. The van der Waals surface area contributed by atoms with E-state index in [9.17, 15) is 9.18 Å². The van der Waals surface area contributed by atoms with E-state index >= 15 is 0 Å². The second-order valence-corrected chi connectivity index (χ2v) is 3.87. The van der Waals surface area contributed by atoms with Crippen molar-refractivity contribution in [3.8, 4) is 0 Å². The maximum Gasteiger partial charge on any atom is 0.258 e. The number of rotatable bonds is 2. The van der Waals surface area contributed by atoms with Gasteiger partial charge in [-0.25, -0.2) is 9.37 Å². The largest absolute Gasteiger partial charge is 0.396 e. The first-order valence-corrected chi connectivity index (χ1v) is 5.43. The minimum absolute atomic E-state index is 0.0294. The molecule has 3 N–H and O–H groups in total. The number of anilines is 2. The fourth-order valence-corrected chi connectivity index (χ4v) is 1.59. The van der Waals surface area contributed by atoms with Crippen molar-refractivity contribution in [1.82, 2.24) is 4.98 Å². The Morgan fingerprint density at radius 1 is 1.33 bits per heavy atom. The number of carbonyl (C=O) groups is 1. The third-order valence-corrected chi connectivity index (χ3v) is 2.65. The van der Waals surface area contributed by atoms with Crippen LogP contribution in [0.2, 0.25) is 5.02 Å². The smallest absolute Gasteiger partial charge is 0.258 e. The lowest BCUT2D eigenvalue weighted by molar-refractivity contribution is 0.102. The number of pyridine rings is 1. The van der Waals surface area contributed by atoms with Gasteiger partial charge >= 0.3 is 0 Å². The molecule has 1 amide bonds. The van der Waals surface area contributed by atoms with Crippen LogP contribution in [0.15, 0.2) is 36.5 Å². The van der Waals surface area contributed by atoms with Crippen LogP contribution in [-0.4, -0.2) is 10.9 Å². The fourth-order valence-electron chi connectivity index (χ4n) is 1.38. The molecule has 18 heavy (non-hydrogen) atoms. The molecule has 4 nitrogen and oxygen atoms in total. The van der Waals surface area contributed by atoms with Crippen LogP contribution in [0, 0.1) is 5.82 Å². The van der Waals surface area contributed by atoms with Gasteiger partial charge in [-0.05, 0) is 24.3 Å². The highest BCUT2D eigenvalue weighted by atomic mass is 35.5. The highest BCUT2D eigenvalue weighted by Crippen LogP contribution is 2.21. The number of benzene rings is 1. The Morgan fingerprint density at radius 3 is 2.83 bits per heavy atom. The van der Waals surface area contributed by atoms with Crippen molar-refractivity contribution in [2.75, 3.05) is 11.1 Å². The van der Waals surface area contributed by atoms with E-state index in [4.69, 9.17) is 17.3 Å². The molecule has 92 valence electrons. The number of nitrogen functional groups attached to an aromatic ring is 1. The summed E-state index contributed by atoms with van der Waals surface area (Å²) >= 11 is 5.71. The van der Waals surface area contributed by atoms with Crippen LogP contribution in [-0.2, 0) is 0 Å². The molecule has 0 bridgehead atoms. The van der Waals surface area contributed by atoms with Crippen molar-refractivity contribution in [3.05, 3.63) is 52.9 Å². The monoisotopic (exact) mass is 265 g/mol. The first-order chi connectivity index (χ1) is 8.59. The van der Waals surface area contributed by atoms with E-state index in [-0.39, 0.29) is 16.4 Å². The molecule has 2 aromatic rings. The second-order valence-electron chi connectivity index (χ2n) is 3.50. The van der Waals surface area contributed by atoms with Gasteiger partial charge in [-0.15, -0.1) is 0 Å². The summed E-state index contributed by atoms with van der Waals surface area (Å²) in [6.07, 6.45) is 1.49. The maximum absolute atomic E-state index is 13.2. The van der Waals surface area contributed by atoms with E-state index in [2.05, 4.69) is 10.3 Å². The van der Waals surface area contributed by atoms with Gasteiger partial charge in [0.2, 0.25) is 0 Å². The van der Waals surface area contributed by atoms with Gasteiger partial charge in [-0.3, -0.25) is 4.79 Å². The molecule has 0 fully saturated rings. The zero-order valence-electron chi connectivity index (χ0n) is 9.15. The third-order valence-electron chi connectivity index (χ3n) is 2.27. The topological polar surface area (TPSA) is 68.0 Å². The van der Waals surface area contributed by atoms with Crippen LogP contribution in [0.3, 0.4) is 0 Å². The quantitative estimate of drug-likeness (QED) is 0.877. The average Bonchev–Trinajstić information content (AvgIpc) is 2.35. The van der Waals surface area contributed by atoms with Gasteiger partial charge < -0.3 is 11.1 Å². The van der Waals surface area contributed by atoms with Crippen molar-refractivity contribution in [2.24, 2.45) is 0 Å². The van der Waals surface area contributed by atoms with Crippen LogP contribution in [0.4, 0.5) is 15.9 Å². The number of carbonyl (C=O) groups excluding carboxylic acids is 1. The van der Waals surface area contributed by atoms with Crippen molar-refractivity contribution in [3.63, 3.8) is 0 Å². The van der Waals surface area contributed by atoms with Crippen LogP contribution < -0.4 is 11.1 Å². The molecule has 0 aliphatic rings. The highest BCUT2D eigenvalue weighted by Gasteiger charge is 2.14. The molecular weight excluding hydrogens is 257 g/mol. The standard InChI is InChI=1S/C12H9ClFN3O/c13-10-7(3-1-4-8(10)14)12(18)17-11-9(15)5-2-6-16-11/h1-6H,15H2,(H,16,17,18). The predicted octanol–water partition coefficient (Wildman–Crippen LogP) is 2.71. The number of amides is 1. The molecule has 0 saturated carbocycles. The van der Waals surface area contributed by atoms with Gasteiger partial charge in [0.05, 0.1) is 16.3 Å². The van der Waals surface area contributed by atoms with E-state index in [0.29, 0.717) is 5.69 Å². The maximum atomic E-state index is 13.2. The Labute approximate surface area is 108 Å². The summed E-state index contributed by atoms with van der Waals surface area (Å²) in [5.74, 6) is -1.01. The molecule has 0 aliphatic carbocycles. The number of aromatic nitrogens is 1. The van der Waals surface area contributed by atoms with E-state index in [1.165, 1.54) is 24.4 Å². The van der Waals surface area contributed by atoms with E-state index in [1.54, 1.807) is 12.1 Å². The Kier molecular flexibility index (Phi) is 3.43. The van der Waals surface area contributed by atoms with Crippen molar-refractivity contribution in [1.29, 1.82) is 0 Å². The van der Waals surface area contributed by atoms with Crippen molar-refractivity contribution in [2.45, 2.75) is 0 Å². The van der Waals surface area contributed by atoms with Crippen LogP contribution in [0.25, 0.3) is 0 Å². The number of nitrogens with one attached hydrogen (secondary N) is 1. The summed E-state index contributed by atoms with van der Waals surface area (Å²) < 4.78 is 13.2. The second kappa shape index (κ2) is 5.01. The van der Waals surface area contributed by atoms with Crippen molar-refractivity contribution < 1.29 is 9.18 Å². The first kappa shape index (κ1) is 12.3. The molecule has 0 saturated heterocycles. The highest BCUT2D eigenvalue weighted by molar-refractivity contribution is 6.34. The fraction of sp³-hybridized carbons (Fsp3) is 0. The number of nitrogens with two attached hydrogens (primary N) is 1. The van der Waals surface area contributed by atoms with E-state index in [1.807, 2.05) is 0 Å². The Hall–Kier alpha value is -2.14. The lowest BCUT2D eigenvalue weighted by Crippen LogP contribution is -2.15. The summed E-state index contributed by atoms with van der Waals surface area (Å²) in [4.78, 5) is 15.8. The molecule has 0 radical (unpaired) electrons. The molecule has 1 heterocycles. The van der Waals surface area contributed by atoms with E-state index < -0.39 is 11.7 Å². The molecule has 2 rings (SSSR count). The van der Waals surface area contributed by atoms with Gasteiger partial charge in [0.15, 0.2) is 5.82 Å². The van der Waals surface area contributed by atoms with Crippen LogP contribution >= 0.6 is 11.6 Å². The molecule has 6 heteroatoms. The summed E-state index contributed by atoms with van der Waals surface area (Å²) in [5.41, 5.74) is 5.98. The average molecular weight is 266 g/mol. The summed E-state index contributed by atoms with van der Waals surface area (Å²) in [6.45, 7) is 0. The third kappa shape index (κ3) is 2.41. The Bertz CT molecular complexity index is 604. The SMILES string of the molecule is Nc1cccnc1NC(=O)c1cccc(F)c1Cl. The Morgan fingerprint density at radius 2 is 2.11 bits per heavy atom. The summed E-state index contributed by atoms with van der Waals surface area (Å²) in [5, 5.41) is 2.24. The number of halogens is 2. The van der Waals surface area contributed by atoms with Crippen LogP contribution in [0.1, 0.15) is 10.4 Å². The van der Waals surface area contributed by atoms with Crippen molar-refractivity contribution >= 4 is 29.0 Å². The normalized spacial score (nSPS) is 10.1. The molecule has 0 unspecified atom stereocenters. The molecule has 1 aromatic carbocycles.